The van der Waals surface area contributed by atoms with Crippen molar-refractivity contribution in [2.45, 2.75) is 31.8 Å². The molecule has 1 N–H and O–H groups in total. The molecule has 2 aromatic rings. The second-order valence-electron chi connectivity index (χ2n) is 6.97. The number of aryl methyl sites for hydroxylation is 1. The molecule has 6 nitrogen and oxygen atoms in total. The van der Waals surface area contributed by atoms with Crippen LogP contribution in [0, 0.1) is 6.92 Å². The van der Waals surface area contributed by atoms with E-state index in [1.165, 1.54) is 0 Å². The van der Waals surface area contributed by atoms with Gasteiger partial charge in [-0.3, -0.25) is 9.69 Å². The third-order valence-corrected chi connectivity index (χ3v) is 5.33. The lowest BCUT2D eigenvalue weighted by atomic mass is 9.94. The Hall–Kier alpha value is -2.73. The third-order valence-electron chi connectivity index (χ3n) is 5.33. The number of methoxy groups -OCH3 is 3. The van der Waals surface area contributed by atoms with Crippen LogP contribution in [0.25, 0.3) is 0 Å². The number of nitrogens with zero attached hydrogens (tertiary/aromatic N) is 1. The van der Waals surface area contributed by atoms with Gasteiger partial charge in [-0.2, -0.15) is 0 Å². The predicted octanol–water partition coefficient (Wildman–Crippen LogP) is 3.66. The molecule has 28 heavy (non-hydrogen) atoms. The highest BCUT2D eigenvalue weighted by atomic mass is 16.5. The SMILES string of the molecule is COc1ccc(C(c2ccc(C)cc2)N2CCCC2C(=O)O)c(OC)c1OC. The summed E-state index contributed by atoms with van der Waals surface area (Å²) in [5, 5.41) is 9.76. The van der Waals surface area contributed by atoms with Crippen molar-refractivity contribution < 1.29 is 24.1 Å². The highest BCUT2D eigenvalue weighted by Gasteiger charge is 2.38. The molecule has 0 saturated carbocycles. The molecule has 1 aliphatic heterocycles. The summed E-state index contributed by atoms with van der Waals surface area (Å²) in [6, 6.07) is 11.2. The van der Waals surface area contributed by atoms with Crippen molar-refractivity contribution in [1.29, 1.82) is 0 Å². The number of ether oxygens (including phenoxy) is 3. The van der Waals surface area contributed by atoms with Crippen molar-refractivity contribution >= 4 is 5.97 Å². The fraction of sp³-hybridized carbons (Fsp3) is 0.409. The number of likely N-dealkylation sites (tertiary alicyclic amines) is 1. The molecular formula is C22H27NO5. The van der Waals surface area contributed by atoms with Crippen LogP contribution < -0.4 is 14.2 Å². The Morgan fingerprint density at radius 1 is 1.04 bits per heavy atom. The first-order valence-corrected chi connectivity index (χ1v) is 9.35. The molecule has 6 heteroatoms. The Kier molecular flexibility index (Phi) is 6.09. The predicted molar refractivity (Wildman–Crippen MR) is 106 cm³/mol. The Bertz CT molecular complexity index is 834. The maximum atomic E-state index is 11.9. The van der Waals surface area contributed by atoms with Crippen LogP contribution in [0.5, 0.6) is 17.2 Å². The zero-order valence-corrected chi connectivity index (χ0v) is 16.8. The molecule has 150 valence electrons. The fourth-order valence-corrected chi connectivity index (χ4v) is 4.00. The van der Waals surface area contributed by atoms with Gasteiger partial charge in [-0.25, -0.2) is 0 Å². The minimum Gasteiger partial charge on any atom is -0.493 e. The summed E-state index contributed by atoms with van der Waals surface area (Å²) in [5.74, 6) is 0.838. The molecule has 0 aromatic heterocycles. The van der Waals surface area contributed by atoms with Gasteiger partial charge >= 0.3 is 5.97 Å². The molecular weight excluding hydrogens is 358 g/mol. The van der Waals surface area contributed by atoms with E-state index < -0.39 is 12.0 Å². The van der Waals surface area contributed by atoms with E-state index in [1.54, 1.807) is 21.3 Å². The largest absolute Gasteiger partial charge is 0.493 e. The summed E-state index contributed by atoms with van der Waals surface area (Å²) >= 11 is 0. The zero-order valence-electron chi connectivity index (χ0n) is 16.8. The van der Waals surface area contributed by atoms with Gasteiger partial charge in [-0.1, -0.05) is 29.8 Å². The maximum absolute atomic E-state index is 11.9. The lowest BCUT2D eigenvalue weighted by molar-refractivity contribution is -0.142. The number of hydrogen-bond acceptors (Lipinski definition) is 5. The van der Waals surface area contributed by atoms with Gasteiger partial charge in [0, 0.05) is 12.1 Å². The summed E-state index contributed by atoms with van der Waals surface area (Å²) in [6.07, 6.45) is 1.47. The molecule has 0 bridgehead atoms. The first-order chi connectivity index (χ1) is 13.5. The van der Waals surface area contributed by atoms with Crippen LogP contribution in [0.3, 0.4) is 0 Å². The first kappa shape index (κ1) is 20.0. The van der Waals surface area contributed by atoms with E-state index in [-0.39, 0.29) is 6.04 Å². The van der Waals surface area contributed by atoms with Crippen molar-refractivity contribution in [3.05, 3.63) is 53.1 Å². The molecule has 0 amide bonds. The highest BCUT2D eigenvalue weighted by molar-refractivity contribution is 5.74. The van der Waals surface area contributed by atoms with Crippen LogP contribution in [0.2, 0.25) is 0 Å². The smallest absolute Gasteiger partial charge is 0.320 e. The Balaban J connectivity index is 2.20. The average molecular weight is 385 g/mol. The lowest BCUT2D eigenvalue weighted by Gasteiger charge is -2.33. The molecule has 0 radical (unpaired) electrons. The number of carbonyl (C=O) groups is 1. The molecule has 2 aromatic carbocycles. The number of hydrogen-bond donors (Lipinski definition) is 1. The summed E-state index contributed by atoms with van der Waals surface area (Å²) in [5.41, 5.74) is 3.03. The van der Waals surface area contributed by atoms with Crippen molar-refractivity contribution in [3.8, 4) is 17.2 Å². The Morgan fingerprint density at radius 2 is 1.71 bits per heavy atom. The number of aliphatic carboxylic acids is 1. The normalized spacial score (nSPS) is 17.9. The lowest BCUT2D eigenvalue weighted by Crippen LogP contribution is -2.39. The van der Waals surface area contributed by atoms with Crippen LogP contribution in [-0.4, -0.2) is 49.9 Å². The minimum atomic E-state index is -0.797. The molecule has 3 rings (SSSR count). The van der Waals surface area contributed by atoms with Crippen molar-refractivity contribution in [3.63, 3.8) is 0 Å². The van der Waals surface area contributed by atoms with Crippen LogP contribution >= 0.6 is 0 Å². The van der Waals surface area contributed by atoms with Gasteiger partial charge < -0.3 is 19.3 Å². The van der Waals surface area contributed by atoms with Gasteiger partial charge in [0.2, 0.25) is 5.75 Å². The van der Waals surface area contributed by atoms with Crippen molar-refractivity contribution in [1.82, 2.24) is 4.90 Å². The van der Waals surface area contributed by atoms with Crippen LogP contribution in [0.1, 0.15) is 35.6 Å². The standard InChI is InChI=1S/C22H27NO5/c1-14-7-9-15(10-8-14)19(23-13-5-6-17(23)22(24)25)16-11-12-18(26-2)21(28-4)20(16)27-3/h7-12,17,19H,5-6,13H2,1-4H3,(H,24,25). The minimum absolute atomic E-state index is 0.265. The molecule has 1 fully saturated rings. The van der Waals surface area contributed by atoms with E-state index in [0.29, 0.717) is 30.2 Å². The van der Waals surface area contributed by atoms with E-state index in [0.717, 1.165) is 23.1 Å². The van der Waals surface area contributed by atoms with E-state index in [4.69, 9.17) is 14.2 Å². The number of carboxylic acid groups (broad SMARTS) is 1. The van der Waals surface area contributed by atoms with Gasteiger partial charge in [0.15, 0.2) is 11.5 Å². The van der Waals surface area contributed by atoms with Gasteiger partial charge in [0.05, 0.1) is 27.4 Å². The zero-order chi connectivity index (χ0) is 20.3. The monoisotopic (exact) mass is 385 g/mol. The van der Waals surface area contributed by atoms with Gasteiger partial charge in [-0.15, -0.1) is 0 Å². The van der Waals surface area contributed by atoms with Crippen LogP contribution in [0.15, 0.2) is 36.4 Å². The topological polar surface area (TPSA) is 68.2 Å². The molecule has 2 atom stereocenters. The molecule has 0 aliphatic carbocycles. The van der Waals surface area contributed by atoms with E-state index in [2.05, 4.69) is 0 Å². The summed E-state index contributed by atoms with van der Waals surface area (Å²) in [4.78, 5) is 13.9. The van der Waals surface area contributed by atoms with Gasteiger partial charge in [0.25, 0.3) is 0 Å². The van der Waals surface area contributed by atoms with E-state index >= 15 is 0 Å². The van der Waals surface area contributed by atoms with Crippen molar-refractivity contribution in [2.24, 2.45) is 0 Å². The fourth-order valence-electron chi connectivity index (χ4n) is 4.00. The average Bonchev–Trinajstić information content (AvgIpc) is 3.18. The second kappa shape index (κ2) is 8.52. The number of benzene rings is 2. The maximum Gasteiger partial charge on any atom is 0.320 e. The first-order valence-electron chi connectivity index (χ1n) is 9.35. The van der Waals surface area contributed by atoms with Gasteiger partial charge in [-0.05, 0) is 37.5 Å². The molecule has 2 unspecified atom stereocenters. The Morgan fingerprint density at radius 3 is 2.29 bits per heavy atom. The van der Waals surface area contributed by atoms with Crippen LogP contribution in [0.4, 0.5) is 0 Å². The molecule has 1 heterocycles. The Labute approximate surface area is 165 Å². The van der Waals surface area contributed by atoms with E-state index in [9.17, 15) is 9.90 Å². The summed E-state index contributed by atoms with van der Waals surface area (Å²) in [7, 11) is 4.74. The molecule has 1 saturated heterocycles. The summed E-state index contributed by atoms with van der Waals surface area (Å²) in [6.45, 7) is 2.73. The third kappa shape index (κ3) is 3.64. The number of rotatable bonds is 7. The quantitative estimate of drug-likeness (QED) is 0.785. The second-order valence-corrected chi connectivity index (χ2v) is 6.97. The highest BCUT2D eigenvalue weighted by Crippen LogP contribution is 2.46. The van der Waals surface area contributed by atoms with E-state index in [1.807, 2.05) is 48.2 Å². The molecule has 1 aliphatic rings. The molecule has 0 spiro atoms. The van der Waals surface area contributed by atoms with Crippen LogP contribution in [-0.2, 0) is 4.79 Å². The summed E-state index contributed by atoms with van der Waals surface area (Å²) < 4.78 is 16.7. The van der Waals surface area contributed by atoms with Gasteiger partial charge in [0.1, 0.15) is 6.04 Å². The number of carboxylic acids is 1. The van der Waals surface area contributed by atoms with Crippen molar-refractivity contribution in [2.75, 3.05) is 27.9 Å².